The van der Waals surface area contributed by atoms with Crippen LogP contribution in [-0.2, 0) is 17.8 Å². The van der Waals surface area contributed by atoms with E-state index in [0.29, 0.717) is 22.2 Å². The molecule has 0 fully saturated rings. The maximum Gasteiger partial charge on any atom is 0.339 e. The highest BCUT2D eigenvalue weighted by Gasteiger charge is 2.22. The number of carbonyl (C=O) groups excluding carboxylic acids is 1. The second-order valence-corrected chi connectivity index (χ2v) is 8.12. The Labute approximate surface area is 164 Å². The minimum Gasteiger partial charge on any atom is -0.461 e. The monoisotopic (exact) mass is 394 g/mol. The van der Waals surface area contributed by atoms with Gasteiger partial charge in [-0.1, -0.05) is 60.8 Å². The van der Waals surface area contributed by atoms with Gasteiger partial charge in [0.05, 0.1) is 23.8 Å². The predicted molar refractivity (Wildman–Crippen MR) is 106 cm³/mol. The summed E-state index contributed by atoms with van der Waals surface area (Å²) in [7, 11) is 0. The van der Waals surface area contributed by atoms with Crippen molar-refractivity contribution < 1.29 is 14.6 Å². The molecule has 0 radical (unpaired) electrons. The Bertz CT molecular complexity index is 785. The van der Waals surface area contributed by atoms with Crippen molar-refractivity contribution in [3.05, 3.63) is 68.7 Å². The number of ether oxygens (including phenoxy) is 1. The van der Waals surface area contributed by atoms with Gasteiger partial charge in [0.1, 0.15) is 0 Å². The largest absolute Gasteiger partial charge is 0.461 e. The number of rotatable bonds is 7. The molecule has 5 heteroatoms. The fourth-order valence-corrected chi connectivity index (χ4v) is 2.97. The summed E-state index contributed by atoms with van der Waals surface area (Å²) in [6.45, 7) is 6.24. The molecule has 0 spiro atoms. The first-order valence-corrected chi connectivity index (χ1v) is 9.29. The summed E-state index contributed by atoms with van der Waals surface area (Å²) in [5.74, 6) is -0.402. The van der Waals surface area contributed by atoms with Gasteiger partial charge >= 0.3 is 5.97 Å². The lowest BCUT2D eigenvalue weighted by Crippen LogP contribution is -2.23. The number of esters is 1. The van der Waals surface area contributed by atoms with E-state index in [1.54, 1.807) is 18.2 Å². The number of hydrogen-bond acceptors (Lipinski definition) is 3. The summed E-state index contributed by atoms with van der Waals surface area (Å²) in [6.07, 6.45) is 1.63. The van der Waals surface area contributed by atoms with E-state index in [4.69, 9.17) is 27.9 Å². The molecule has 0 bridgehead atoms. The van der Waals surface area contributed by atoms with Crippen LogP contribution in [0.2, 0.25) is 10.0 Å². The molecule has 0 aromatic heterocycles. The zero-order valence-corrected chi connectivity index (χ0v) is 16.8. The SMILES string of the molecule is Cc1ccc(Cl)c(C(=O)OCC(C)(C)CCc2ccc(Cl)c(CO)c2)c1. The van der Waals surface area contributed by atoms with Crippen molar-refractivity contribution >= 4 is 29.2 Å². The highest BCUT2D eigenvalue weighted by Crippen LogP contribution is 2.26. The average molecular weight is 395 g/mol. The Morgan fingerprint density at radius 1 is 1.12 bits per heavy atom. The number of hydrogen-bond donors (Lipinski definition) is 1. The summed E-state index contributed by atoms with van der Waals surface area (Å²) in [4.78, 5) is 12.3. The highest BCUT2D eigenvalue weighted by molar-refractivity contribution is 6.33. The van der Waals surface area contributed by atoms with Crippen LogP contribution in [0.3, 0.4) is 0 Å². The van der Waals surface area contributed by atoms with Crippen LogP contribution < -0.4 is 0 Å². The van der Waals surface area contributed by atoms with Crippen LogP contribution >= 0.6 is 23.2 Å². The molecule has 2 aromatic rings. The van der Waals surface area contributed by atoms with Crippen LogP contribution in [0.4, 0.5) is 0 Å². The van der Waals surface area contributed by atoms with Gasteiger partial charge in [0, 0.05) is 5.02 Å². The molecular formula is C21H24Cl2O3. The van der Waals surface area contributed by atoms with Gasteiger partial charge in [-0.15, -0.1) is 0 Å². The van der Waals surface area contributed by atoms with Gasteiger partial charge in [-0.25, -0.2) is 4.79 Å². The van der Waals surface area contributed by atoms with E-state index in [1.165, 1.54) is 0 Å². The normalized spacial score (nSPS) is 11.5. The average Bonchev–Trinajstić information content (AvgIpc) is 2.61. The fraction of sp³-hybridized carbons (Fsp3) is 0.381. The zero-order chi connectivity index (χ0) is 19.3. The highest BCUT2D eigenvalue weighted by atomic mass is 35.5. The molecule has 0 aliphatic heterocycles. The molecule has 0 amide bonds. The van der Waals surface area contributed by atoms with Gasteiger partial charge in [0.25, 0.3) is 0 Å². The molecule has 0 saturated heterocycles. The third-order valence-electron chi connectivity index (χ3n) is 4.31. The lowest BCUT2D eigenvalue weighted by molar-refractivity contribution is 0.0328. The van der Waals surface area contributed by atoms with Crippen LogP contribution in [0.25, 0.3) is 0 Å². The van der Waals surface area contributed by atoms with E-state index in [2.05, 4.69) is 13.8 Å². The van der Waals surface area contributed by atoms with Gasteiger partial charge in [0.2, 0.25) is 0 Å². The third-order valence-corrected chi connectivity index (χ3v) is 5.01. The summed E-state index contributed by atoms with van der Waals surface area (Å²) in [6, 6.07) is 11.0. The number of carbonyl (C=O) groups is 1. The van der Waals surface area contributed by atoms with Crippen LogP contribution in [0.5, 0.6) is 0 Å². The Morgan fingerprint density at radius 3 is 2.50 bits per heavy atom. The Morgan fingerprint density at radius 2 is 1.81 bits per heavy atom. The van der Waals surface area contributed by atoms with Crippen LogP contribution in [0.1, 0.15) is 47.3 Å². The number of aliphatic hydroxyl groups is 1. The zero-order valence-electron chi connectivity index (χ0n) is 15.3. The Balaban J connectivity index is 1.94. The molecule has 1 N–H and O–H groups in total. The molecule has 0 atom stereocenters. The van der Waals surface area contributed by atoms with E-state index in [0.717, 1.165) is 29.5 Å². The number of halogens is 2. The van der Waals surface area contributed by atoms with Crippen molar-refractivity contribution in [2.24, 2.45) is 5.41 Å². The summed E-state index contributed by atoms with van der Waals surface area (Å²) in [5, 5.41) is 10.3. The predicted octanol–water partition coefficient (Wildman–Crippen LogP) is 5.61. The number of aliphatic hydroxyl groups excluding tert-OH is 1. The van der Waals surface area contributed by atoms with Gasteiger partial charge in [-0.2, -0.15) is 0 Å². The number of aryl methyl sites for hydroxylation is 2. The van der Waals surface area contributed by atoms with Gasteiger partial charge in [-0.05, 0) is 54.5 Å². The quantitative estimate of drug-likeness (QED) is 0.620. The molecule has 0 aliphatic rings. The smallest absolute Gasteiger partial charge is 0.339 e. The van der Waals surface area contributed by atoms with E-state index >= 15 is 0 Å². The standard InChI is InChI=1S/C21H24Cl2O3/c1-14-4-6-19(23)17(10-14)20(25)26-13-21(2,3)9-8-15-5-7-18(22)16(11-15)12-24/h4-7,10-11,24H,8-9,12-13H2,1-3H3. The maximum atomic E-state index is 12.3. The van der Waals surface area contributed by atoms with Gasteiger partial charge < -0.3 is 9.84 Å². The first kappa shape index (κ1) is 20.8. The van der Waals surface area contributed by atoms with Crippen molar-refractivity contribution in [1.82, 2.24) is 0 Å². The minimum atomic E-state index is -0.402. The maximum absolute atomic E-state index is 12.3. The molecular weight excluding hydrogens is 371 g/mol. The van der Waals surface area contributed by atoms with E-state index in [1.807, 2.05) is 25.1 Å². The second-order valence-electron chi connectivity index (χ2n) is 7.31. The van der Waals surface area contributed by atoms with E-state index < -0.39 is 5.97 Å². The summed E-state index contributed by atoms with van der Waals surface area (Å²) >= 11 is 12.1. The van der Waals surface area contributed by atoms with Crippen molar-refractivity contribution in [2.75, 3.05) is 6.61 Å². The molecule has 3 nitrogen and oxygen atoms in total. The first-order chi connectivity index (χ1) is 12.2. The first-order valence-electron chi connectivity index (χ1n) is 8.53. The lowest BCUT2D eigenvalue weighted by atomic mass is 9.87. The molecule has 26 heavy (non-hydrogen) atoms. The second kappa shape index (κ2) is 8.90. The van der Waals surface area contributed by atoms with Crippen molar-refractivity contribution in [2.45, 2.75) is 40.2 Å². The van der Waals surface area contributed by atoms with Gasteiger partial charge in [-0.3, -0.25) is 0 Å². The molecule has 2 rings (SSSR count). The molecule has 0 saturated carbocycles. The van der Waals surface area contributed by atoms with Crippen LogP contribution in [0.15, 0.2) is 36.4 Å². The lowest BCUT2D eigenvalue weighted by Gasteiger charge is -2.24. The Hall–Kier alpha value is -1.55. The van der Waals surface area contributed by atoms with Crippen molar-refractivity contribution in [3.63, 3.8) is 0 Å². The molecule has 2 aromatic carbocycles. The topological polar surface area (TPSA) is 46.5 Å². The Kier molecular flexibility index (Phi) is 7.10. The molecule has 0 heterocycles. The summed E-state index contributed by atoms with van der Waals surface area (Å²) in [5.41, 5.74) is 2.99. The third kappa shape index (κ3) is 5.73. The van der Waals surface area contributed by atoms with Gasteiger partial charge in [0.15, 0.2) is 0 Å². The van der Waals surface area contributed by atoms with Crippen LogP contribution in [0, 0.1) is 12.3 Å². The van der Waals surface area contributed by atoms with E-state index in [9.17, 15) is 9.90 Å². The minimum absolute atomic E-state index is 0.0784. The fourth-order valence-electron chi connectivity index (χ4n) is 2.59. The molecule has 140 valence electrons. The van der Waals surface area contributed by atoms with Crippen LogP contribution in [-0.4, -0.2) is 17.7 Å². The van der Waals surface area contributed by atoms with E-state index in [-0.39, 0.29) is 12.0 Å². The molecule has 0 aliphatic carbocycles. The number of benzene rings is 2. The van der Waals surface area contributed by atoms with Crippen molar-refractivity contribution in [1.29, 1.82) is 0 Å². The summed E-state index contributed by atoms with van der Waals surface area (Å²) < 4.78 is 5.50. The van der Waals surface area contributed by atoms with Crippen molar-refractivity contribution in [3.8, 4) is 0 Å². The molecule has 0 unspecified atom stereocenters.